The highest BCUT2D eigenvalue weighted by molar-refractivity contribution is 5.95. The van der Waals surface area contributed by atoms with Gasteiger partial charge in [-0.15, -0.1) is 0 Å². The molecule has 0 aliphatic heterocycles. The second-order valence-corrected chi connectivity index (χ2v) is 6.33. The van der Waals surface area contributed by atoms with Crippen LogP contribution >= 0.6 is 0 Å². The number of carbonyl (C=O) groups is 2. The number of nitrogen functional groups attached to an aromatic ring is 1. The van der Waals surface area contributed by atoms with Gasteiger partial charge in [-0.25, -0.2) is 0 Å². The van der Waals surface area contributed by atoms with E-state index >= 15 is 0 Å². The minimum atomic E-state index is -1.16. The Labute approximate surface area is 135 Å². The zero-order valence-corrected chi connectivity index (χ0v) is 13.8. The summed E-state index contributed by atoms with van der Waals surface area (Å²) in [5.74, 6) is -2.69. The molecule has 5 N–H and O–H groups in total. The number of ether oxygens (including phenoxy) is 2. The molecule has 0 saturated carbocycles. The van der Waals surface area contributed by atoms with Gasteiger partial charge in [0.2, 0.25) is 0 Å². The molecule has 0 aromatic heterocycles. The Hall–Kier alpha value is -2.28. The maximum absolute atomic E-state index is 12.3. The smallest absolute Gasteiger partial charge is 0.322 e. The molecular weight excluding hydrogens is 300 g/mol. The summed E-state index contributed by atoms with van der Waals surface area (Å²) in [5, 5.41) is 9.44. The van der Waals surface area contributed by atoms with Gasteiger partial charge in [0.15, 0.2) is 5.92 Å². The number of rotatable bonds is 5. The van der Waals surface area contributed by atoms with Gasteiger partial charge < -0.3 is 20.3 Å². The van der Waals surface area contributed by atoms with Crippen molar-refractivity contribution in [3.8, 4) is 5.75 Å². The number of benzene rings is 1. The number of nitrogens with two attached hydrogens (primary N) is 2. The molecule has 1 rings (SSSR count). The van der Waals surface area contributed by atoms with Crippen molar-refractivity contribution < 1.29 is 24.2 Å². The first kappa shape index (κ1) is 18.8. The van der Waals surface area contributed by atoms with Crippen molar-refractivity contribution in [2.75, 3.05) is 5.73 Å². The van der Waals surface area contributed by atoms with Crippen LogP contribution in [0.4, 0.5) is 5.69 Å². The predicted molar refractivity (Wildman–Crippen MR) is 85.3 cm³/mol. The minimum Gasteiger partial charge on any atom is -0.506 e. The van der Waals surface area contributed by atoms with Gasteiger partial charge in [-0.3, -0.25) is 15.3 Å². The first-order valence-corrected chi connectivity index (χ1v) is 7.26. The van der Waals surface area contributed by atoms with Gasteiger partial charge >= 0.3 is 11.9 Å². The maximum Gasteiger partial charge on any atom is 0.322 e. The van der Waals surface area contributed by atoms with Crippen LogP contribution in [0.1, 0.15) is 33.3 Å². The van der Waals surface area contributed by atoms with E-state index in [1.54, 1.807) is 26.8 Å². The molecule has 2 atom stereocenters. The molecule has 2 unspecified atom stereocenters. The van der Waals surface area contributed by atoms with Crippen LogP contribution in [0, 0.1) is 5.92 Å². The van der Waals surface area contributed by atoms with Crippen LogP contribution in [0.25, 0.3) is 0 Å². The lowest BCUT2D eigenvalue weighted by Crippen LogP contribution is -2.37. The number of esters is 2. The summed E-state index contributed by atoms with van der Waals surface area (Å²) in [5.41, 5.74) is 11.1. The number of phenolic OH excluding ortho intramolecular Hbond substituents is 1. The number of carbonyl (C=O) groups excluding carboxylic acids is 2. The first-order chi connectivity index (χ1) is 10.5. The average molecular weight is 324 g/mol. The summed E-state index contributed by atoms with van der Waals surface area (Å²) in [4.78, 5) is 24.4. The largest absolute Gasteiger partial charge is 0.506 e. The second-order valence-electron chi connectivity index (χ2n) is 6.33. The van der Waals surface area contributed by atoms with E-state index in [4.69, 9.17) is 20.9 Å². The standard InChI is InChI=1S/C16H24N2O5/c1-9(17)22-14(20)11(15(21)23-16(2,3)4)7-10-5-6-13(19)12(18)8-10/h5-6,8-9,11,19H,7,17-18H2,1-4H3. The predicted octanol–water partition coefficient (Wildman–Crippen LogP) is 1.32. The quantitative estimate of drug-likeness (QED) is 0.245. The Balaban J connectivity index is 3.00. The normalized spacial score (nSPS) is 14.0. The molecule has 1 aromatic carbocycles. The molecule has 128 valence electrons. The highest BCUT2D eigenvalue weighted by atomic mass is 16.6. The van der Waals surface area contributed by atoms with E-state index < -0.39 is 29.7 Å². The van der Waals surface area contributed by atoms with Gasteiger partial charge in [0.25, 0.3) is 0 Å². The molecule has 0 bridgehead atoms. The van der Waals surface area contributed by atoms with Crippen molar-refractivity contribution in [2.45, 2.75) is 45.9 Å². The van der Waals surface area contributed by atoms with Gasteiger partial charge in [0, 0.05) is 0 Å². The number of hydrogen-bond acceptors (Lipinski definition) is 7. The molecule has 0 fully saturated rings. The lowest BCUT2D eigenvalue weighted by Gasteiger charge is -2.23. The molecule has 0 aliphatic rings. The fraction of sp³-hybridized carbons (Fsp3) is 0.500. The lowest BCUT2D eigenvalue weighted by atomic mass is 9.98. The van der Waals surface area contributed by atoms with E-state index in [0.29, 0.717) is 5.56 Å². The van der Waals surface area contributed by atoms with Crippen molar-refractivity contribution in [1.82, 2.24) is 0 Å². The van der Waals surface area contributed by atoms with Crippen molar-refractivity contribution in [3.63, 3.8) is 0 Å². The SMILES string of the molecule is CC(N)OC(=O)C(Cc1ccc(O)c(N)c1)C(=O)OC(C)(C)C. The van der Waals surface area contributed by atoms with Crippen molar-refractivity contribution in [1.29, 1.82) is 0 Å². The Kier molecular flexibility index (Phi) is 5.98. The monoisotopic (exact) mass is 324 g/mol. The maximum atomic E-state index is 12.3. The third-order valence-electron chi connectivity index (χ3n) is 2.81. The van der Waals surface area contributed by atoms with Crippen LogP contribution in [-0.4, -0.2) is 28.9 Å². The summed E-state index contributed by atoms with van der Waals surface area (Å²) in [6, 6.07) is 4.46. The van der Waals surface area contributed by atoms with Crippen LogP contribution in [0.2, 0.25) is 0 Å². The Morgan fingerprint density at radius 3 is 2.35 bits per heavy atom. The molecule has 1 aromatic rings. The van der Waals surface area contributed by atoms with E-state index in [1.165, 1.54) is 19.1 Å². The fourth-order valence-electron chi connectivity index (χ4n) is 1.87. The molecule has 7 nitrogen and oxygen atoms in total. The summed E-state index contributed by atoms with van der Waals surface area (Å²) >= 11 is 0. The van der Waals surface area contributed by atoms with E-state index in [2.05, 4.69) is 0 Å². The van der Waals surface area contributed by atoms with Crippen molar-refractivity contribution >= 4 is 17.6 Å². The third-order valence-corrected chi connectivity index (χ3v) is 2.81. The summed E-state index contributed by atoms with van der Waals surface area (Å²) in [6.45, 7) is 6.61. The summed E-state index contributed by atoms with van der Waals surface area (Å²) in [6.07, 6.45) is -0.803. The van der Waals surface area contributed by atoms with Crippen molar-refractivity contribution in [3.05, 3.63) is 23.8 Å². The van der Waals surface area contributed by atoms with Crippen molar-refractivity contribution in [2.24, 2.45) is 11.7 Å². The molecule has 23 heavy (non-hydrogen) atoms. The van der Waals surface area contributed by atoms with E-state index in [9.17, 15) is 14.7 Å². The first-order valence-electron chi connectivity index (χ1n) is 7.26. The van der Waals surface area contributed by atoms with Gasteiger partial charge in [-0.2, -0.15) is 0 Å². The van der Waals surface area contributed by atoms with Crippen LogP contribution in [0.3, 0.4) is 0 Å². The third kappa shape index (κ3) is 6.15. The van der Waals surface area contributed by atoms with Gasteiger partial charge in [-0.05, 0) is 51.8 Å². The Morgan fingerprint density at radius 1 is 1.26 bits per heavy atom. The number of aromatic hydroxyl groups is 1. The number of phenols is 1. The summed E-state index contributed by atoms with van der Waals surface area (Å²) in [7, 11) is 0. The molecule has 0 saturated heterocycles. The van der Waals surface area contributed by atoms with Crippen LogP contribution in [-0.2, 0) is 25.5 Å². The Bertz CT molecular complexity index is 578. The molecule has 0 amide bonds. The van der Waals surface area contributed by atoms with Gasteiger partial charge in [0.1, 0.15) is 17.6 Å². The second kappa shape index (κ2) is 7.32. The minimum absolute atomic E-state index is 0.0327. The van der Waals surface area contributed by atoms with Crippen LogP contribution < -0.4 is 11.5 Å². The molecule has 0 radical (unpaired) electrons. The zero-order chi connectivity index (χ0) is 17.8. The molecular formula is C16H24N2O5. The molecule has 0 aliphatic carbocycles. The molecule has 7 heteroatoms. The van der Waals surface area contributed by atoms with E-state index in [-0.39, 0.29) is 17.9 Å². The van der Waals surface area contributed by atoms with E-state index in [1.807, 2.05) is 0 Å². The number of anilines is 1. The highest BCUT2D eigenvalue weighted by Gasteiger charge is 2.33. The average Bonchev–Trinajstić information content (AvgIpc) is 2.36. The zero-order valence-electron chi connectivity index (χ0n) is 13.8. The lowest BCUT2D eigenvalue weighted by molar-refractivity contribution is -0.170. The Morgan fingerprint density at radius 2 is 1.87 bits per heavy atom. The topological polar surface area (TPSA) is 125 Å². The van der Waals surface area contributed by atoms with Crippen LogP contribution in [0.5, 0.6) is 5.75 Å². The molecule has 0 heterocycles. The highest BCUT2D eigenvalue weighted by Crippen LogP contribution is 2.24. The van der Waals surface area contributed by atoms with Crippen LogP contribution in [0.15, 0.2) is 18.2 Å². The molecule has 0 spiro atoms. The fourth-order valence-corrected chi connectivity index (χ4v) is 1.87. The van der Waals surface area contributed by atoms with E-state index in [0.717, 1.165) is 0 Å². The number of hydrogen-bond donors (Lipinski definition) is 3. The van der Waals surface area contributed by atoms with Gasteiger partial charge in [0.05, 0.1) is 5.69 Å². The summed E-state index contributed by atoms with van der Waals surface area (Å²) < 4.78 is 10.2. The van der Waals surface area contributed by atoms with Gasteiger partial charge in [-0.1, -0.05) is 6.07 Å².